The summed E-state index contributed by atoms with van der Waals surface area (Å²) in [4.78, 5) is 24.1. The normalized spacial score (nSPS) is 11.9. The third kappa shape index (κ3) is 3.56. The maximum Gasteiger partial charge on any atom is 0.305 e. The van der Waals surface area contributed by atoms with Crippen molar-refractivity contribution in [3.05, 3.63) is 29.8 Å². The monoisotopic (exact) mass is 250 g/mol. The summed E-state index contributed by atoms with van der Waals surface area (Å²) in [6.07, 6.45) is -0.104. The minimum absolute atomic E-state index is 0.104. The summed E-state index contributed by atoms with van der Waals surface area (Å²) in [6, 6.07) is 6.68. The van der Waals surface area contributed by atoms with Crippen LogP contribution in [-0.2, 0) is 9.59 Å². The number of nitrogens with zero attached hydrogens (tertiary/aromatic N) is 1. The highest BCUT2D eigenvalue weighted by molar-refractivity contribution is 5.97. The van der Waals surface area contributed by atoms with Gasteiger partial charge in [0.05, 0.1) is 12.5 Å². The Labute approximate surface area is 106 Å². The van der Waals surface area contributed by atoms with Crippen LogP contribution in [-0.4, -0.2) is 29.6 Å². The van der Waals surface area contributed by atoms with E-state index in [-0.39, 0.29) is 18.9 Å². The standard InChI is InChI=1S/C13H18N2O3/c1-9-5-3-4-6-11(9)15(8-7-12(16)17)13(18)10(2)14/h3-6,10H,7-8,14H2,1-2H3,(H,16,17)/t10-/m0/s1. The van der Waals surface area contributed by atoms with Crippen LogP contribution >= 0.6 is 0 Å². The molecule has 1 amide bonds. The Morgan fingerprint density at radius 1 is 1.39 bits per heavy atom. The number of carboxylic acid groups (broad SMARTS) is 1. The molecule has 5 nitrogen and oxygen atoms in total. The van der Waals surface area contributed by atoms with Gasteiger partial charge in [-0.05, 0) is 25.5 Å². The number of rotatable bonds is 5. The molecule has 0 fully saturated rings. The summed E-state index contributed by atoms with van der Waals surface area (Å²) in [5.41, 5.74) is 7.22. The fourth-order valence-corrected chi connectivity index (χ4v) is 1.67. The first-order valence-corrected chi connectivity index (χ1v) is 5.78. The number of carboxylic acids is 1. The lowest BCUT2D eigenvalue weighted by Gasteiger charge is -2.25. The van der Waals surface area contributed by atoms with Gasteiger partial charge >= 0.3 is 5.97 Å². The number of aryl methyl sites for hydroxylation is 1. The first-order chi connectivity index (χ1) is 8.43. The number of carbonyl (C=O) groups excluding carboxylic acids is 1. The molecule has 0 heterocycles. The molecular formula is C13H18N2O3. The number of amides is 1. The lowest BCUT2D eigenvalue weighted by Crippen LogP contribution is -2.43. The molecule has 0 radical (unpaired) electrons. The van der Waals surface area contributed by atoms with Crippen LogP contribution in [0.25, 0.3) is 0 Å². The van der Waals surface area contributed by atoms with Gasteiger partial charge in [-0.1, -0.05) is 18.2 Å². The number of aliphatic carboxylic acids is 1. The van der Waals surface area contributed by atoms with E-state index in [1.165, 1.54) is 4.90 Å². The molecule has 0 spiro atoms. The molecule has 0 saturated heterocycles. The zero-order valence-corrected chi connectivity index (χ0v) is 10.6. The summed E-state index contributed by atoms with van der Waals surface area (Å²) >= 11 is 0. The van der Waals surface area contributed by atoms with E-state index in [1.54, 1.807) is 13.0 Å². The Morgan fingerprint density at radius 3 is 2.50 bits per heavy atom. The topological polar surface area (TPSA) is 83.6 Å². The molecule has 1 aromatic carbocycles. The first kappa shape index (κ1) is 14.2. The van der Waals surface area contributed by atoms with Gasteiger partial charge in [-0.15, -0.1) is 0 Å². The zero-order valence-electron chi connectivity index (χ0n) is 10.6. The van der Waals surface area contributed by atoms with E-state index >= 15 is 0 Å². The van der Waals surface area contributed by atoms with Crippen LogP contribution in [0.1, 0.15) is 18.9 Å². The van der Waals surface area contributed by atoms with Crippen molar-refractivity contribution >= 4 is 17.6 Å². The summed E-state index contributed by atoms with van der Waals surface area (Å²) < 4.78 is 0. The van der Waals surface area contributed by atoms with E-state index in [4.69, 9.17) is 10.8 Å². The fraction of sp³-hybridized carbons (Fsp3) is 0.385. The predicted octanol–water partition coefficient (Wildman–Crippen LogP) is 1.15. The molecule has 98 valence electrons. The average molecular weight is 250 g/mol. The Hall–Kier alpha value is -1.88. The quantitative estimate of drug-likeness (QED) is 0.821. The lowest BCUT2D eigenvalue weighted by atomic mass is 10.1. The van der Waals surface area contributed by atoms with E-state index in [1.807, 2.05) is 25.1 Å². The van der Waals surface area contributed by atoms with Crippen LogP contribution in [0.15, 0.2) is 24.3 Å². The number of benzene rings is 1. The van der Waals surface area contributed by atoms with Crippen LogP contribution in [0.2, 0.25) is 0 Å². The zero-order chi connectivity index (χ0) is 13.7. The van der Waals surface area contributed by atoms with E-state index < -0.39 is 12.0 Å². The Morgan fingerprint density at radius 2 is 2.00 bits per heavy atom. The van der Waals surface area contributed by atoms with Gasteiger partial charge < -0.3 is 15.7 Å². The van der Waals surface area contributed by atoms with E-state index in [9.17, 15) is 9.59 Å². The van der Waals surface area contributed by atoms with E-state index in [0.29, 0.717) is 5.69 Å². The fourth-order valence-electron chi connectivity index (χ4n) is 1.67. The second-order valence-corrected chi connectivity index (χ2v) is 4.21. The summed E-state index contributed by atoms with van der Waals surface area (Å²) in [7, 11) is 0. The molecule has 0 aliphatic rings. The van der Waals surface area contributed by atoms with Crippen molar-refractivity contribution in [2.45, 2.75) is 26.3 Å². The maximum absolute atomic E-state index is 12.0. The Balaban J connectivity index is 3.00. The number of nitrogens with two attached hydrogens (primary N) is 1. The minimum Gasteiger partial charge on any atom is -0.481 e. The van der Waals surface area contributed by atoms with E-state index in [0.717, 1.165) is 5.56 Å². The largest absolute Gasteiger partial charge is 0.481 e. The number of hydrogen-bond acceptors (Lipinski definition) is 3. The molecule has 0 bridgehead atoms. The van der Waals surface area contributed by atoms with Crippen LogP contribution < -0.4 is 10.6 Å². The van der Waals surface area contributed by atoms with Crippen molar-refractivity contribution in [2.75, 3.05) is 11.4 Å². The third-order valence-electron chi connectivity index (χ3n) is 2.61. The van der Waals surface area contributed by atoms with Crippen LogP contribution in [0.3, 0.4) is 0 Å². The van der Waals surface area contributed by atoms with Gasteiger partial charge in [0.15, 0.2) is 0 Å². The van der Waals surface area contributed by atoms with Crippen molar-refractivity contribution < 1.29 is 14.7 Å². The predicted molar refractivity (Wildman–Crippen MR) is 69.4 cm³/mol. The van der Waals surface area contributed by atoms with Crippen molar-refractivity contribution in [3.8, 4) is 0 Å². The second kappa shape index (κ2) is 6.16. The molecule has 0 saturated carbocycles. The third-order valence-corrected chi connectivity index (χ3v) is 2.61. The van der Waals surface area contributed by atoms with E-state index in [2.05, 4.69) is 0 Å². The first-order valence-electron chi connectivity index (χ1n) is 5.78. The van der Waals surface area contributed by atoms with Gasteiger partial charge in [0, 0.05) is 12.2 Å². The lowest BCUT2D eigenvalue weighted by molar-refractivity contribution is -0.136. The molecule has 0 aromatic heterocycles. The van der Waals surface area contributed by atoms with Crippen LogP contribution in [0.4, 0.5) is 5.69 Å². The molecule has 1 atom stereocenters. The van der Waals surface area contributed by atoms with Gasteiger partial charge in [-0.25, -0.2) is 0 Å². The minimum atomic E-state index is -0.939. The van der Waals surface area contributed by atoms with Crippen molar-refractivity contribution in [2.24, 2.45) is 5.73 Å². The van der Waals surface area contributed by atoms with Gasteiger partial charge in [-0.3, -0.25) is 9.59 Å². The number of anilines is 1. The highest BCUT2D eigenvalue weighted by Gasteiger charge is 2.21. The number of hydrogen-bond donors (Lipinski definition) is 2. The van der Waals surface area contributed by atoms with Gasteiger partial charge in [0.25, 0.3) is 0 Å². The Kier molecular flexibility index (Phi) is 4.85. The molecule has 5 heteroatoms. The molecule has 3 N–H and O–H groups in total. The molecule has 0 unspecified atom stereocenters. The molecule has 0 aliphatic carbocycles. The van der Waals surface area contributed by atoms with Gasteiger partial charge in [-0.2, -0.15) is 0 Å². The smallest absolute Gasteiger partial charge is 0.305 e. The maximum atomic E-state index is 12.0. The number of para-hydroxylation sites is 1. The Bertz CT molecular complexity index is 444. The summed E-state index contributed by atoms with van der Waals surface area (Å²) in [5.74, 6) is -1.21. The summed E-state index contributed by atoms with van der Waals surface area (Å²) in [6.45, 7) is 3.59. The number of carbonyl (C=O) groups is 2. The molecule has 1 aromatic rings. The average Bonchev–Trinajstić information content (AvgIpc) is 2.30. The molecule has 0 aliphatic heterocycles. The van der Waals surface area contributed by atoms with Crippen molar-refractivity contribution in [1.29, 1.82) is 0 Å². The van der Waals surface area contributed by atoms with Crippen LogP contribution in [0, 0.1) is 6.92 Å². The molecule has 18 heavy (non-hydrogen) atoms. The highest BCUT2D eigenvalue weighted by Crippen LogP contribution is 2.20. The van der Waals surface area contributed by atoms with Crippen molar-refractivity contribution in [1.82, 2.24) is 0 Å². The van der Waals surface area contributed by atoms with Crippen LogP contribution in [0.5, 0.6) is 0 Å². The highest BCUT2D eigenvalue weighted by atomic mass is 16.4. The molecular weight excluding hydrogens is 232 g/mol. The SMILES string of the molecule is Cc1ccccc1N(CCC(=O)O)C(=O)[C@H](C)N. The second-order valence-electron chi connectivity index (χ2n) is 4.21. The van der Waals surface area contributed by atoms with Gasteiger partial charge in [0.2, 0.25) is 5.91 Å². The molecule has 1 rings (SSSR count). The van der Waals surface area contributed by atoms with Gasteiger partial charge in [0.1, 0.15) is 0 Å². The van der Waals surface area contributed by atoms with Crippen molar-refractivity contribution in [3.63, 3.8) is 0 Å². The summed E-state index contributed by atoms with van der Waals surface area (Å²) in [5, 5.41) is 8.73.